The lowest BCUT2D eigenvalue weighted by molar-refractivity contribution is 0.0873. The molecule has 1 amide bonds. The summed E-state index contributed by atoms with van der Waals surface area (Å²) in [5, 5.41) is 6.84. The van der Waals surface area contributed by atoms with Crippen LogP contribution in [0.5, 0.6) is 0 Å². The Bertz CT molecular complexity index is 729. The van der Waals surface area contributed by atoms with Crippen molar-refractivity contribution in [2.75, 3.05) is 0 Å². The number of nitrogens with zero attached hydrogens (tertiary/aromatic N) is 2. The number of amides is 1. The van der Waals surface area contributed by atoms with Crippen LogP contribution in [-0.4, -0.2) is 32.4 Å². The normalized spacial score (nSPS) is 20.6. The third-order valence-corrected chi connectivity index (χ3v) is 4.37. The highest BCUT2D eigenvalue weighted by molar-refractivity contribution is 5.95. The van der Waals surface area contributed by atoms with E-state index in [1.165, 1.54) is 0 Å². The average molecular weight is 314 g/mol. The van der Waals surface area contributed by atoms with Gasteiger partial charge in [0.05, 0.1) is 5.69 Å². The molecule has 1 saturated heterocycles. The van der Waals surface area contributed by atoms with Gasteiger partial charge in [-0.2, -0.15) is 0 Å². The fourth-order valence-corrected chi connectivity index (χ4v) is 3.94. The average Bonchev–Trinajstić information content (AvgIpc) is 2.73. The van der Waals surface area contributed by atoms with Crippen LogP contribution >= 0.6 is 0 Å². The summed E-state index contributed by atoms with van der Waals surface area (Å²) in [5.74, 6) is -0.0216. The number of imidazole rings is 1. The van der Waals surface area contributed by atoms with Crippen molar-refractivity contribution in [1.29, 1.82) is 0 Å². The molecule has 2 N–H and O–H groups in total. The summed E-state index contributed by atoms with van der Waals surface area (Å²) < 4.78 is 1.93. The van der Waals surface area contributed by atoms with Gasteiger partial charge in [0.25, 0.3) is 5.91 Å². The summed E-state index contributed by atoms with van der Waals surface area (Å²) in [6, 6.07) is 3.87. The second-order valence-electron chi connectivity index (χ2n) is 8.03. The molecule has 124 valence electrons. The Morgan fingerprint density at radius 3 is 2.61 bits per heavy atom. The third-order valence-electron chi connectivity index (χ3n) is 4.37. The first-order valence-corrected chi connectivity index (χ1v) is 8.19. The van der Waals surface area contributed by atoms with Gasteiger partial charge in [-0.25, -0.2) is 4.98 Å². The molecule has 0 aromatic carbocycles. The van der Waals surface area contributed by atoms with E-state index in [1.54, 1.807) is 0 Å². The number of aryl methyl sites for hydroxylation is 1. The van der Waals surface area contributed by atoms with E-state index in [0.29, 0.717) is 5.56 Å². The second kappa shape index (κ2) is 5.34. The van der Waals surface area contributed by atoms with Gasteiger partial charge in [-0.3, -0.25) is 4.79 Å². The minimum Gasteiger partial charge on any atom is -0.349 e. The number of nitrogens with one attached hydrogen (secondary N) is 2. The van der Waals surface area contributed by atoms with Gasteiger partial charge < -0.3 is 15.0 Å². The largest absolute Gasteiger partial charge is 0.349 e. The molecule has 0 atom stereocenters. The number of carbonyl (C=O) groups excluding carboxylic acids is 1. The Morgan fingerprint density at radius 1 is 1.30 bits per heavy atom. The smallest absolute Gasteiger partial charge is 0.251 e. The minimum absolute atomic E-state index is 0.0177. The number of rotatable bonds is 2. The lowest BCUT2D eigenvalue weighted by atomic mass is 9.79. The molecule has 0 saturated carbocycles. The van der Waals surface area contributed by atoms with Crippen LogP contribution in [-0.2, 0) is 0 Å². The first-order valence-electron chi connectivity index (χ1n) is 8.19. The number of hydrogen-bond donors (Lipinski definition) is 2. The number of piperidine rings is 1. The van der Waals surface area contributed by atoms with E-state index in [2.05, 4.69) is 43.3 Å². The molecule has 23 heavy (non-hydrogen) atoms. The van der Waals surface area contributed by atoms with E-state index in [-0.39, 0.29) is 23.0 Å². The molecule has 0 bridgehead atoms. The Morgan fingerprint density at radius 2 is 1.96 bits per heavy atom. The van der Waals surface area contributed by atoms with Gasteiger partial charge in [-0.1, -0.05) is 0 Å². The van der Waals surface area contributed by atoms with Gasteiger partial charge in [0.15, 0.2) is 0 Å². The molecule has 1 aliphatic rings. The predicted molar refractivity (Wildman–Crippen MR) is 91.7 cm³/mol. The van der Waals surface area contributed by atoms with Crippen LogP contribution in [0.1, 0.15) is 56.6 Å². The highest BCUT2D eigenvalue weighted by atomic mass is 16.1. The van der Waals surface area contributed by atoms with Gasteiger partial charge in [0.2, 0.25) is 0 Å². The maximum Gasteiger partial charge on any atom is 0.251 e. The standard InChI is InChI=1S/C18H26N4O/c1-12-11-22-7-6-13(8-15(22)19-12)16(23)20-14-9-17(2,3)21-18(4,5)10-14/h6-8,11,14,21H,9-10H2,1-5H3,(H,20,23). The van der Waals surface area contributed by atoms with Crippen molar-refractivity contribution in [3.05, 3.63) is 35.8 Å². The quantitative estimate of drug-likeness (QED) is 0.896. The molecular weight excluding hydrogens is 288 g/mol. The lowest BCUT2D eigenvalue weighted by Gasteiger charge is -2.46. The van der Waals surface area contributed by atoms with Gasteiger partial charge in [-0.15, -0.1) is 0 Å². The molecule has 0 radical (unpaired) electrons. The maximum absolute atomic E-state index is 12.6. The van der Waals surface area contributed by atoms with E-state index in [4.69, 9.17) is 0 Å². The van der Waals surface area contributed by atoms with Crippen LogP contribution in [0.2, 0.25) is 0 Å². The van der Waals surface area contributed by atoms with Crippen LogP contribution in [0.15, 0.2) is 24.5 Å². The first kappa shape index (κ1) is 16.0. The van der Waals surface area contributed by atoms with Crippen molar-refractivity contribution >= 4 is 11.6 Å². The van der Waals surface area contributed by atoms with Crippen LogP contribution in [0.25, 0.3) is 5.65 Å². The van der Waals surface area contributed by atoms with Gasteiger partial charge in [-0.05, 0) is 59.6 Å². The molecule has 2 aromatic rings. The Kier molecular flexibility index (Phi) is 3.71. The lowest BCUT2D eigenvalue weighted by Crippen LogP contribution is -2.62. The summed E-state index contributed by atoms with van der Waals surface area (Å²) in [6.45, 7) is 10.7. The van der Waals surface area contributed by atoms with E-state index in [0.717, 1.165) is 24.2 Å². The molecule has 5 heteroatoms. The van der Waals surface area contributed by atoms with E-state index < -0.39 is 0 Å². The monoisotopic (exact) mass is 314 g/mol. The molecule has 5 nitrogen and oxygen atoms in total. The Labute approximate surface area is 137 Å². The Balaban J connectivity index is 1.77. The zero-order valence-corrected chi connectivity index (χ0v) is 14.6. The Hall–Kier alpha value is -1.88. The zero-order chi connectivity index (χ0) is 16.8. The highest BCUT2D eigenvalue weighted by Gasteiger charge is 2.38. The summed E-state index contributed by atoms with van der Waals surface area (Å²) in [4.78, 5) is 17.0. The number of pyridine rings is 1. The summed E-state index contributed by atoms with van der Waals surface area (Å²) in [7, 11) is 0. The van der Waals surface area contributed by atoms with E-state index in [1.807, 2.05) is 35.9 Å². The van der Waals surface area contributed by atoms with Crippen molar-refractivity contribution in [2.24, 2.45) is 0 Å². The molecular formula is C18H26N4O. The fraction of sp³-hybridized carbons (Fsp3) is 0.556. The molecule has 2 aromatic heterocycles. The van der Waals surface area contributed by atoms with Gasteiger partial charge in [0.1, 0.15) is 5.65 Å². The van der Waals surface area contributed by atoms with Gasteiger partial charge in [0, 0.05) is 35.1 Å². The van der Waals surface area contributed by atoms with Crippen molar-refractivity contribution < 1.29 is 4.79 Å². The summed E-state index contributed by atoms with van der Waals surface area (Å²) in [5.41, 5.74) is 2.45. The summed E-state index contributed by atoms with van der Waals surface area (Å²) in [6.07, 6.45) is 5.69. The van der Waals surface area contributed by atoms with Crippen molar-refractivity contribution in [1.82, 2.24) is 20.0 Å². The van der Waals surface area contributed by atoms with Crippen molar-refractivity contribution in [2.45, 2.75) is 64.6 Å². The third kappa shape index (κ3) is 3.55. The molecule has 0 spiro atoms. The number of aromatic nitrogens is 2. The topological polar surface area (TPSA) is 58.4 Å². The number of carbonyl (C=O) groups is 1. The van der Waals surface area contributed by atoms with Crippen LogP contribution in [0, 0.1) is 6.92 Å². The predicted octanol–water partition coefficient (Wildman–Crippen LogP) is 2.68. The van der Waals surface area contributed by atoms with Crippen molar-refractivity contribution in [3.63, 3.8) is 0 Å². The minimum atomic E-state index is -0.0216. The van der Waals surface area contributed by atoms with Crippen LogP contribution in [0.3, 0.4) is 0 Å². The highest BCUT2D eigenvalue weighted by Crippen LogP contribution is 2.28. The van der Waals surface area contributed by atoms with Gasteiger partial charge >= 0.3 is 0 Å². The van der Waals surface area contributed by atoms with E-state index in [9.17, 15) is 4.79 Å². The number of hydrogen-bond acceptors (Lipinski definition) is 3. The fourth-order valence-electron chi connectivity index (χ4n) is 3.94. The van der Waals surface area contributed by atoms with E-state index >= 15 is 0 Å². The molecule has 0 aliphatic carbocycles. The molecule has 1 fully saturated rings. The molecule has 1 aliphatic heterocycles. The first-order chi connectivity index (χ1) is 10.6. The second-order valence-corrected chi connectivity index (χ2v) is 8.03. The van der Waals surface area contributed by atoms with Crippen molar-refractivity contribution in [3.8, 4) is 0 Å². The molecule has 3 rings (SSSR count). The molecule has 0 unspecified atom stereocenters. The van der Waals surface area contributed by atoms with Crippen LogP contribution < -0.4 is 10.6 Å². The number of fused-ring (bicyclic) bond motifs is 1. The maximum atomic E-state index is 12.6. The summed E-state index contributed by atoms with van der Waals surface area (Å²) >= 11 is 0. The zero-order valence-electron chi connectivity index (χ0n) is 14.6. The SMILES string of the molecule is Cc1cn2ccc(C(=O)NC3CC(C)(C)NC(C)(C)C3)cc2n1. The molecule has 3 heterocycles. The van der Waals surface area contributed by atoms with Crippen LogP contribution in [0.4, 0.5) is 0 Å².